The van der Waals surface area contributed by atoms with E-state index in [1.807, 2.05) is 0 Å². The number of hydrogen-bond acceptors (Lipinski definition) is 2. The van der Waals surface area contributed by atoms with Crippen LogP contribution in [-0.2, 0) is 0 Å². The van der Waals surface area contributed by atoms with Crippen LogP contribution in [0.15, 0.2) is 0 Å². The van der Waals surface area contributed by atoms with E-state index < -0.39 is 0 Å². The Morgan fingerprint density at radius 2 is 1.77 bits per heavy atom. The van der Waals surface area contributed by atoms with Crippen LogP contribution in [0.5, 0.6) is 0 Å². The second-order valence-electron chi connectivity index (χ2n) is 5.21. The molecule has 0 N–H and O–H groups in total. The Kier molecular flexibility index (Phi) is 2.37. The maximum absolute atomic E-state index is 2.59. The largest absolute Gasteiger partial charge is 0.302 e. The molecule has 0 aromatic heterocycles. The summed E-state index contributed by atoms with van der Waals surface area (Å²) in [5.41, 5.74) is 0.722. The molecule has 76 valence electrons. The minimum Gasteiger partial charge on any atom is -0.302 e. The van der Waals surface area contributed by atoms with Gasteiger partial charge in [0.2, 0.25) is 0 Å². The van der Waals surface area contributed by atoms with Gasteiger partial charge in [0.15, 0.2) is 0 Å². The van der Waals surface area contributed by atoms with Gasteiger partial charge in [-0.15, -0.1) is 0 Å². The molecule has 2 aliphatic heterocycles. The molecule has 2 fully saturated rings. The Morgan fingerprint density at radius 3 is 2.23 bits per heavy atom. The number of nitrogens with zero attached hydrogens (tertiary/aromatic N) is 2. The highest BCUT2D eigenvalue weighted by Gasteiger charge is 2.51. The van der Waals surface area contributed by atoms with Crippen LogP contribution in [0.25, 0.3) is 0 Å². The van der Waals surface area contributed by atoms with Gasteiger partial charge in [-0.05, 0) is 26.8 Å². The van der Waals surface area contributed by atoms with Gasteiger partial charge in [-0.1, -0.05) is 6.92 Å². The van der Waals surface area contributed by atoms with E-state index in [1.54, 1.807) is 0 Å². The first kappa shape index (κ1) is 9.47. The van der Waals surface area contributed by atoms with Gasteiger partial charge < -0.3 is 4.90 Å². The third-order valence-corrected chi connectivity index (χ3v) is 3.47. The zero-order valence-corrected chi connectivity index (χ0v) is 9.21. The van der Waals surface area contributed by atoms with Crippen molar-refractivity contribution in [2.45, 2.75) is 33.2 Å². The summed E-state index contributed by atoms with van der Waals surface area (Å²) in [5, 5.41) is 0. The molecular formula is C11H22N2. The Bertz CT molecular complexity index is 175. The van der Waals surface area contributed by atoms with Gasteiger partial charge in [-0.2, -0.15) is 0 Å². The Balaban J connectivity index is 1.70. The average Bonchev–Trinajstić information content (AvgIpc) is 1.90. The van der Waals surface area contributed by atoms with Gasteiger partial charge in [0.1, 0.15) is 0 Å². The first-order valence-corrected chi connectivity index (χ1v) is 5.62. The Morgan fingerprint density at radius 1 is 1.15 bits per heavy atom. The van der Waals surface area contributed by atoms with Crippen molar-refractivity contribution in [2.24, 2.45) is 5.41 Å². The summed E-state index contributed by atoms with van der Waals surface area (Å²) in [6.45, 7) is 13.6. The molecule has 0 bridgehead atoms. The number of rotatable bonds is 3. The molecule has 2 heterocycles. The Labute approximate surface area is 81.9 Å². The van der Waals surface area contributed by atoms with E-state index >= 15 is 0 Å². The predicted octanol–water partition coefficient (Wildman–Crippen LogP) is 1.42. The lowest BCUT2D eigenvalue weighted by Crippen LogP contribution is -2.72. The minimum absolute atomic E-state index is 0.722. The molecule has 2 rings (SSSR count). The summed E-state index contributed by atoms with van der Waals surface area (Å²) in [7, 11) is 0. The van der Waals surface area contributed by atoms with Crippen LogP contribution >= 0.6 is 0 Å². The zero-order valence-electron chi connectivity index (χ0n) is 9.21. The van der Waals surface area contributed by atoms with Gasteiger partial charge in [0, 0.05) is 37.6 Å². The zero-order chi connectivity index (χ0) is 9.47. The maximum atomic E-state index is 2.59. The fraction of sp³-hybridized carbons (Fsp3) is 1.00. The Hall–Kier alpha value is -0.0800. The third-order valence-electron chi connectivity index (χ3n) is 3.47. The lowest BCUT2D eigenvalue weighted by Gasteiger charge is -2.61. The first-order chi connectivity index (χ1) is 6.15. The number of hydrogen-bond donors (Lipinski definition) is 0. The van der Waals surface area contributed by atoms with Crippen LogP contribution in [0.4, 0.5) is 0 Å². The molecular weight excluding hydrogens is 160 g/mol. The highest BCUT2D eigenvalue weighted by atomic mass is 15.3. The molecule has 0 radical (unpaired) electrons. The van der Waals surface area contributed by atoms with Gasteiger partial charge in [-0.25, -0.2) is 0 Å². The molecule has 2 nitrogen and oxygen atoms in total. The van der Waals surface area contributed by atoms with Crippen molar-refractivity contribution in [2.75, 3.05) is 32.7 Å². The predicted molar refractivity (Wildman–Crippen MR) is 55.9 cm³/mol. The molecule has 0 amide bonds. The van der Waals surface area contributed by atoms with E-state index in [0.29, 0.717) is 0 Å². The second-order valence-corrected chi connectivity index (χ2v) is 5.21. The summed E-state index contributed by atoms with van der Waals surface area (Å²) in [4.78, 5) is 5.18. The van der Waals surface area contributed by atoms with E-state index in [1.165, 1.54) is 39.1 Å². The van der Waals surface area contributed by atoms with E-state index in [2.05, 4.69) is 30.6 Å². The standard InChI is InChI=1S/C11H22N2/c1-4-5-12-6-11(7-12)8-13(9-11)10(2)3/h10H,4-9H2,1-3H3. The average molecular weight is 182 g/mol. The SMILES string of the molecule is CCCN1CC2(C1)CN(C(C)C)C2. The molecule has 0 saturated carbocycles. The molecule has 0 atom stereocenters. The molecule has 2 saturated heterocycles. The van der Waals surface area contributed by atoms with E-state index in [0.717, 1.165) is 11.5 Å². The molecule has 0 unspecified atom stereocenters. The molecule has 2 aliphatic rings. The summed E-state index contributed by atoms with van der Waals surface area (Å²) in [5.74, 6) is 0. The van der Waals surface area contributed by atoms with Crippen LogP contribution in [0, 0.1) is 5.41 Å². The van der Waals surface area contributed by atoms with Crippen LogP contribution in [0.3, 0.4) is 0 Å². The van der Waals surface area contributed by atoms with Crippen molar-refractivity contribution in [1.29, 1.82) is 0 Å². The van der Waals surface area contributed by atoms with Crippen LogP contribution < -0.4 is 0 Å². The maximum Gasteiger partial charge on any atom is 0.0212 e. The normalized spacial score (nSPS) is 27.7. The fourth-order valence-corrected chi connectivity index (χ4v) is 2.76. The third kappa shape index (κ3) is 1.62. The van der Waals surface area contributed by atoms with E-state index in [-0.39, 0.29) is 0 Å². The topological polar surface area (TPSA) is 6.48 Å². The molecule has 0 aliphatic carbocycles. The van der Waals surface area contributed by atoms with Crippen molar-refractivity contribution >= 4 is 0 Å². The van der Waals surface area contributed by atoms with Crippen LogP contribution in [0.2, 0.25) is 0 Å². The molecule has 2 heteroatoms. The highest BCUT2D eigenvalue weighted by Crippen LogP contribution is 2.40. The van der Waals surface area contributed by atoms with E-state index in [4.69, 9.17) is 0 Å². The number of likely N-dealkylation sites (tertiary alicyclic amines) is 2. The fourth-order valence-electron chi connectivity index (χ4n) is 2.76. The van der Waals surface area contributed by atoms with Crippen molar-refractivity contribution < 1.29 is 0 Å². The van der Waals surface area contributed by atoms with Crippen molar-refractivity contribution in [3.63, 3.8) is 0 Å². The smallest absolute Gasteiger partial charge is 0.0212 e. The quantitative estimate of drug-likeness (QED) is 0.651. The van der Waals surface area contributed by atoms with Crippen LogP contribution in [-0.4, -0.2) is 48.6 Å². The first-order valence-electron chi connectivity index (χ1n) is 5.62. The second kappa shape index (κ2) is 3.25. The summed E-state index contributed by atoms with van der Waals surface area (Å²) < 4.78 is 0. The van der Waals surface area contributed by atoms with Gasteiger partial charge in [0.25, 0.3) is 0 Å². The minimum atomic E-state index is 0.722. The summed E-state index contributed by atoms with van der Waals surface area (Å²) in [6, 6.07) is 0.755. The molecule has 0 aromatic carbocycles. The lowest BCUT2D eigenvalue weighted by atomic mass is 9.72. The van der Waals surface area contributed by atoms with Gasteiger partial charge in [0.05, 0.1) is 0 Å². The monoisotopic (exact) mass is 182 g/mol. The summed E-state index contributed by atoms with van der Waals surface area (Å²) >= 11 is 0. The van der Waals surface area contributed by atoms with Gasteiger partial charge >= 0.3 is 0 Å². The van der Waals surface area contributed by atoms with Crippen molar-refractivity contribution in [1.82, 2.24) is 9.80 Å². The van der Waals surface area contributed by atoms with Crippen molar-refractivity contribution in [3.8, 4) is 0 Å². The van der Waals surface area contributed by atoms with Gasteiger partial charge in [-0.3, -0.25) is 4.90 Å². The van der Waals surface area contributed by atoms with E-state index in [9.17, 15) is 0 Å². The summed E-state index contributed by atoms with van der Waals surface area (Å²) in [6.07, 6.45) is 1.31. The highest BCUT2D eigenvalue weighted by molar-refractivity contribution is 5.05. The lowest BCUT2D eigenvalue weighted by molar-refractivity contribution is -0.125. The van der Waals surface area contributed by atoms with Crippen molar-refractivity contribution in [3.05, 3.63) is 0 Å². The van der Waals surface area contributed by atoms with Crippen LogP contribution in [0.1, 0.15) is 27.2 Å². The molecule has 1 spiro atoms. The molecule has 13 heavy (non-hydrogen) atoms. The molecule has 0 aromatic rings.